The average Bonchev–Trinajstić information content (AvgIpc) is 3.44. The van der Waals surface area contributed by atoms with Crippen LogP contribution in [0.25, 0.3) is 0 Å². The fourth-order valence-electron chi connectivity index (χ4n) is 4.24. The zero-order valence-electron chi connectivity index (χ0n) is 17.5. The number of β-amino-alcohol motifs (C(OH)–C–C–N with tert-alkyl or cyclic N) is 1. The summed E-state index contributed by atoms with van der Waals surface area (Å²) in [6.45, 7) is 2.03. The smallest absolute Gasteiger partial charge is 0.306 e. The molecule has 0 unspecified atom stereocenters. The van der Waals surface area contributed by atoms with E-state index >= 15 is 0 Å². The number of carbonyl (C=O) groups is 1. The van der Waals surface area contributed by atoms with Gasteiger partial charge in [0.2, 0.25) is 5.91 Å². The summed E-state index contributed by atoms with van der Waals surface area (Å²) in [6, 6.07) is 16.4. The van der Waals surface area contributed by atoms with Gasteiger partial charge in [0.1, 0.15) is 5.75 Å². The van der Waals surface area contributed by atoms with Gasteiger partial charge in [-0.25, -0.2) is 0 Å². The van der Waals surface area contributed by atoms with Crippen molar-refractivity contribution in [3.63, 3.8) is 0 Å². The lowest BCUT2D eigenvalue weighted by molar-refractivity contribution is -0.124. The minimum Gasteiger partial charge on any atom is -0.392 e. The van der Waals surface area contributed by atoms with Crippen LogP contribution in [0.5, 0.6) is 5.75 Å². The highest BCUT2D eigenvalue weighted by atomic mass is 32.2. The number of nitrogens with zero attached hydrogens (tertiary/aromatic N) is 1. The predicted octanol–water partition coefficient (Wildman–Crippen LogP) is 1.98. The molecule has 1 aliphatic heterocycles. The molecule has 166 valence electrons. The van der Waals surface area contributed by atoms with Crippen molar-refractivity contribution in [2.75, 3.05) is 25.9 Å². The van der Waals surface area contributed by atoms with E-state index in [0.717, 1.165) is 30.3 Å². The number of hydrogen-bond donors (Lipinski definition) is 2. The first-order valence-corrected chi connectivity index (χ1v) is 12.3. The van der Waals surface area contributed by atoms with E-state index in [1.54, 1.807) is 18.2 Å². The summed E-state index contributed by atoms with van der Waals surface area (Å²) in [4.78, 5) is 15.6. The maximum atomic E-state index is 13.4. The Hall–Kier alpha value is -2.42. The predicted molar refractivity (Wildman–Crippen MR) is 117 cm³/mol. The lowest BCUT2D eigenvalue weighted by Gasteiger charge is -2.27. The largest absolute Gasteiger partial charge is 0.392 e. The summed E-state index contributed by atoms with van der Waals surface area (Å²) in [5.74, 6) is 0.141. The molecule has 8 heteroatoms. The summed E-state index contributed by atoms with van der Waals surface area (Å²) in [5, 5.41) is 13.1. The maximum Gasteiger partial charge on any atom is 0.306 e. The molecule has 2 aliphatic rings. The molecule has 2 fully saturated rings. The van der Waals surface area contributed by atoms with Gasteiger partial charge in [-0.1, -0.05) is 42.5 Å². The van der Waals surface area contributed by atoms with Crippen LogP contribution in [0.3, 0.4) is 0 Å². The molecule has 1 saturated heterocycles. The van der Waals surface area contributed by atoms with Gasteiger partial charge >= 0.3 is 10.1 Å². The minimum atomic E-state index is -3.64. The highest BCUT2D eigenvalue weighted by molar-refractivity contribution is 7.86. The molecule has 2 atom stereocenters. The number of carbonyl (C=O) groups excluding carboxylic acids is 1. The van der Waals surface area contributed by atoms with E-state index in [0.29, 0.717) is 25.9 Å². The van der Waals surface area contributed by atoms with Crippen molar-refractivity contribution in [2.45, 2.75) is 36.8 Å². The Labute approximate surface area is 183 Å². The molecule has 1 saturated carbocycles. The molecule has 31 heavy (non-hydrogen) atoms. The van der Waals surface area contributed by atoms with Crippen molar-refractivity contribution >= 4 is 16.0 Å². The third kappa shape index (κ3) is 5.26. The molecule has 1 aliphatic carbocycles. The second kappa shape index (κ2) is 8.61. The van der Waals surface area contributed by atoms with Gasteiger partial charge in [0.15, 0.2) is 0 Å². The third-order valence-corrected chi connectivity index (χ3v) is 6.51. The fraction of sp³-hybridized carbons (Fsp3) is 0.435. The maximum absolute atomic E-state index is 13.4. The van der Waals surface area contributed by atoms with Crippen LogP contribution in [0.15, 0.2) is 54.6 Å². The van der Waals surface area contributed by atoms with Crippen LogP contribution in [0.1, 0.15) is 36.4 Å². The average molecular weight is 445 g/mol. The van der Waals surface area contributed by atoms with Crippen LogP contribution in [0.2, 0.25) is 0 Å². The van der Waals surface area contributed by atoms with Crippen LogP contribution < -0.4 is 9.50 Å². The Balaban J connectivity index is 1.53. The summed E-state index contributed by atoms with van der Waals surface area (Å²) < 4.78 is 28.0. The van der Waals surface area contributed by atoms with E-state index in [2.05, 4.69) is 10.2 Å². The van der Waals surface area contributed by atoms with Gasteiger partial charge in [-0.15, -0.1) is 0 Å². The topological polar surface area (TPSA) is 95.9 Å². The summed E-state index contributed by atoms with van der Waals surface area (Å²) in [5.41, 5.74) is 1.10. The molecule has 0 spiro atoms. The van der Waals surface area contributed by atoms with Gasteiger partial charge in [0.25, 0.3) is 0 Å². The molecule has 7 nitrogen and oxygen atoms in total. The monoisotopic (exact) mass is 444 g/mol. The number of nitrogens with one attached hydrogen (secondary N) is 1. The van der Waals surface area contributed by atoms with Crippen molar-refractivity contribution in [2.24, 2.45) is 0 Å². The van der Waals surface area contributed by atoms with Gasteiger partial charge < -0.3 is 14.6 Å². The van der Waals surface area contributed by atoms with E-state index in [1.165, 1.54) is 0 Å². The Bertz CT molecular complexity index is 1040. The number of hydrogen-bond acceptors (Lipinski definition) is 6. The Morgan fingerprint density at radius 1 is 1.23 bits per heavy atom. The minimum absolute atomic E-state index is 0.0717. The number of aliphatic hydroxyl groups excluding tert-OH is 1. The highest BCUT2D eigenvalue weighted by Crippen LogP contribution is 2.49. The second-order valence-corrected chi connectivity index (χ2v) is 10.1. The molecule has 2 aromatic rings. The lowest BCUT2D eigenvalue weighted by Crippen LogP contribution is -2.42. The Morgan fingerprint density at radius 2 is 1.97 bits per heavy atom. The van der Waals surface area contributed by atoms with Crippen molar-refractivity contribution in [3.8, 4) is 5.75 Å². The van der Waals surface area contributed by atoms with E-state index in [-0.39, 0.29) is 23.8 Å². The van der Waals surface area contributed by atoms with Gasteiger partial charge in [0.05, 0.1) is 23.8 Å². The van der Waals surface area contributed by atoms with Crippen molar-refractivity contribution in [1.82, 2.24) is 10.2 Å². The SMILES string of the molecule is CS(=O)(=O)Oc1cccc(C2(C(=O)N[C@H](CN3CC[C@H](O)C3)c3ccccc3)CC2)c1. The quantitative estimate of drug-likeness (QED) is 0.605. The number of benzene rings is 2. The summed E-state index contributed by atoms with van der Waals surface area (Å²) in [6.07, 6.45) is 2.82. The molecule has 2 N–H and O–H groups in total. The lowest BCUT2D eigenvalue weighted by atomic mass is 9.93. The number of aliphatic hydroxyl groups is 1. The van der Waals surface area contributed by atoms with Crippen LogP contribution >= 0.6 is 0 Å². The molecular formula is C23H28N2O5S. The zero-order valence-corrected chi connectivity index (χ0v) is 18.3. The molecule has 0 bridgehead atoms. The second-order valence-electron chi connectivity index (χ2n) is 8.54. The van der Waals surface area contributed by atoms with Crippen LogP contribution in [-0.4, -0.2) is 56.3 Å². The van der Waals surface area contributed by atoms with E-state index in [9.17, 15) is 18.3 Å². The van der Waals surface area contributed by atoms with Crippen molar-refractivity contribution in [1.29, 1.82) is 0 Å². The number of rotatable bonds is 8. The summed E-state index contributed by atoms with van der Waals surface area (Å²) in [7, 11) is -3.64. The third-order valence-electron chi connectivity index (χ3n) is 6.01. The van der Waals surface area contributed by atoms with Crippen LogP contribution in [-0.2, 0) is 20.3 Å². The van der Waals surface area contributed by atoms with Crippen LogP contribution in [0.4, 0.5) is 0 Å². The van der Waals surface area contributed by atoms with E-state index in [1.807, 2.05) is 36.4 Å². The van der Waals surface area contributed by atoms with E-state index in [4.69, 9.17) is 4.18 Å². The first kappa shape index (κ1) is 21.8. The van der Waals surface area contributed by atoms with Crippen molar-refractivity contribution in [3.05, 3.63) is 65.7 Å². The Kier molecular flexibility index (Phi) is 6.05. The van der Waals surface area contributed by atoms with Gasteiger partial charge in [-0.3, -0.25) is 9.69 Å². The van der Waals surface area contributed by atoms with Gasteiger partial charge in [-0.05, 0) is 42.5 Å². The Morgan fingerprint density at radius 3 is 2.58 bits per heavy atom. The zero-order chi connectivity index (χ0) is 22.1. The van der Waals surface area contributed by atoms with E-state index < -0.39 is 15.5 Å². The molecular weight excluding hydrogens is 416 g/mol. The molecule has 0 radical (unpaired) electrons. The van der Waals surface area contributed by atoms with Crippen LogP contribution in [0, 0.1) is 0 Å². The molecule has 1 amide bonds. The number of amides is 1. The molecule has 1 heterocycles. The molecule has 4 rings (SSSR count). The fourth-order valence-corrected chi connectivity index (χ4v) is 4.70. The molecule has 0 aromatic heterocycles. The van der Waals surface area contributed by atoms with Crippen molar-refractivity contribution < 1.29 is 22.5 Å². The normalized spacial score (nSPS) is 21.4. The standard InChI is InChI=1S/C23H28N2O5S/c1-31(28,29)30-20-9-5-8-18(14-20)23(11-12-23)22(27)24-21(17-6-3-2-4-7-17)16-25-13-10-19(26)15-25/h2-9,14,19,21,26H,10-13,15-16H2,1H3,(H,24,27)/t19-,21+/m0/s1. The number of likely N-dealkylation sites (tertiary alicyclic amines) is 1. The van der Waals surface area contributed by atoms with Gasteiger partial charge in [-0.2, -0.15) is 8.42 Å². The highest BCUT2D eigenvalue weighted by Gasteiger charge is 2.52. The summed E-state index contributed by atoms with van der Waals surface area (Å²) >= 11 is 0. The van der Waals surface area contributed by atoms with Gasteiger partial charge in [0, 0.05) is 19.6 Å². The molecule has 2 aromatic carbocycles. The first-order valence-electron chi connectivity index (χ1n) is 10.5. The first-order chi connectivity index (χ1) is 14.7.